The first-order valence-corrected chi connectivity index (χ1v) is 7.11. The Balaban J connectivity index is 1.96. The van der Waals surface area contributed by atoms with Crippen LogP contribution in [0.15, 0.2) is 27.7 Å². The lowest BCUT2D eigenvalue weighted by Gasteiger charge is -2.05. The number of hydrogen-bond acceptors (Lipinski definition) is 5. The monoisotopic (exact) mass is 333 g/mol. The molecule has 9 heteroatoms. The molecule has 2 aromatic rings. The van der Waals surface area contributed by atoms with E-state index in [4.69, 9.17) is 23.2 Å². The molecule has 0 aliphatic rings. The highest BCUT2D eigenvalue weighted by atomic mass is 35.5. The normalized spacial score (nSPS) is 10.6. The number of halogens is 2. The van der Waals surface area contributed by atoms with Crippen molar-refractivity contribution < 1.29 is 19.1 Å². The molecule has 0 aliphatic carbocycles. The van der Waals surface area contributed by atoms with Crippen LogP contribution in [0.2, 0.25) is 10.0 Å². The quantitative estimate of drug-likeness (QED) is 0.679. The van der Waals surface area contributed by atoms with E-state index in [1.807, 2.05) is 0 Å². The number of rotatable bonds is 4. The topological polar surface area (TPSA) is 82.1 Å². The SMILES string of the molecule is C[n+]1noc([O-])c1SCC(=O)Nc1cc(Cl)cc(Cl)c1. The molecule has 0 bridgehead atoms. The van der Waals surface area contributed by atoms with Gasteiger partial charge in [-0.1, -0.05) is 27.9 Å². The summed E-state index contributed by atoms with van der Waals surface area (Å²) >= 11 is 12.7. The third-order valence-electron chi connectivity index (χ3n) is 2.20. The Morgan fingerprint density at radius 3 is 2.65 bits per heavy atom. The number of anilines is 1. The van der Waals surface area contributed by atoms with Crippen LogP contribution in [-0.2, 0) is 11.8 Å². The maximum Gasteiger partial charge on any atom is 0.291 e. The Bertz CT molecular complexity index is 608. The van der Waals surface area contributed by atoms with Gasteiger partial charge in [0.25, 0.3) is 5.03 Å². The van der Waals surface area contributed by atoms with Crippen molar-refractivity contribution in [3.8, 4) is 5.95 Å². The van der Waals surface area contributed by atoms with E-state index in [1.165, 1.54) is 4.68 Å². The van der Waals surface area contributed by atoms with E-state index >= 15 is 0 Å². The maximum atomic E-state index is 11.8. The lowest BCUT2D eigenvalue weighted by molar-refractivity contribution is -0.772. The molecule has 2 rings (SSSR count). The van der Waals surface area contributed by atoms with E-state index in [9.17, 15) is 9.90 Å². The molecule has 0 unspecified atom stereocenters. The standard InChI is InChI=1S/C11H9Cl2N3O3S/c1-16-10(11(18)19-15-16)20-5-9(17)14-8-3-6(12)2-7(13)4-8/h2-4H,5H2,1H3,(H-,14,15,17,18). The smallest absolute Gasteiger partial charge is 0.291 e. The molecule has 0 fully saturated rings. The highest BCUT2D eigenvalue weighted by Crippen LogP contribution is 2.24. The molecule has 1 N–H and O–H groups in total. The number of hydrogen-bond donors (Lipinski definition) is 1. The van der Waals surface area contributed by atoms with Crippen LogP contribution in [0.1, 0.15) is 0 Å². The summed E-state index contributed by atoms with van der Waals surface area (Å²) in [4.78, 5) is 11.8. The van der Waals surface area contributed by atoms with E-state index in [0.717, 1.165) is 11.8 Å². The fraction of sp³-hybridized carbons (Fsp3) is 0.182. The van der Waals surface area contributed by atoms with Gasteiger partial charge in [0.1, 0.15) is 0 Å². The van der Waals surface area contributed by atoms with E-state index in [-0.39, 0.29) is 16.7 Å². The van der Waals surface area contributed by atoms with Crippen LogP contribution in [0.25, 0.3) is 0 Å². The number of thioether (sulfide) groups is 1. The number of amides is 1. The minimum atomic E-state index is -0.573. The Hall–Kier alpha value is -1.44. The van der Waals surface area contributed by atoms with Crippen molar-refractivity contribution in [2.45, 2.75) is 5.03 Å². The maximum absolute atomic E-state index is 11.8. The zero-order valence-electron chi connectivity index (χ0n) is 10.2. The zero-order chi connectivity index (χ0) is 14.7. The third-order valence-corrected chi connectivity index (χ3v) is 3.75. The molecule has 1 aromatic heterocycles. The molecule has 6 nitrogen and oxygen atoms in total. The number of aryl methyl sites for hydroxylation is 1. The van der Waals surface area contributed by atoms with Gasteiger partial charge in [-0.3, -0.25) is 4.79 Å². The Morgan fingerprint density at radius 1 is 1.45 bits per heavy atom. The van der Waals surface area contributed by atoms with Crippen molar-refractivity contribution >= 4 is 46.6 Å². The van der Waals surface area contributed by atoms with Crippen LogP contribution in [0.3, 0.4) is 0 Å². The highest BCUT2D eigenvalue weighted by molar-refractivity contribution is 7.99. The molecule has 0 aliphatic heterocycles. The van der Waals surface area contributed by atoms with Crippen LogP contribution in [0.4, 0.5) is 5.69 Å². The lowest BCUT2D eigenvalue weighted by Crippen LogP contribution is -2.32. The van der Waals surface area contributed by atoms with Crippen LogP contribution in [0, 0.1) is 0 Å². The van der Waals surface area contributed by atoms with E-state index in [0.29, 0.717) is 15.7 Å². The van der Waals surface area contributed by atoms with Crippen molar-refractivity contribution in [2.75, 3.05) is 11.1 Å². The second-order valence-electron chi connectivity index (χ2n) is 3.78. The Morgan fingerprint density at radius 2 is 2.10 bits per heavy atom. The van der Waals surface area contributed by atoms with Gasteiger partial charge in [-0.05, 0) is 30.0 Å². The second kappa shape index (κ2) is 6.34. The molecule has 1 aromatic carbocycles. The van der Waals surface area contributed by atoms with Gasteiger partial charge < -0.3 is 14.9 Å². The summed E-state index contributed by atoms with van der Waals surface area (Å²) in [7, 11) is 1.56. The van der Waals surface area contributed by atoms with Crippen molar-refractivity contribution in [1.29, 1.82) is 0 Å². The molecule has 1 amide bonds. The van der Waals surface area contributed by atoms with Crippen LogP contribution < -0.4 is 15.1 Å². The van der Waals surface area contributed by atoms with Gasteiger partial charge in [0, 0.05) is 15.7 Å². The second-order valence-corrected chi connectivity index (χ2v) is 5.62. The summed E-state index contributed by atoms with van der Waals surface area (Å²) in [6.07, 6.45) is 0. The fourth-order valence-corrected chi connectivity index (χ4v) is 2.66. The van der Waals surface area contributed by atoms with Gasteiger partial charge in [-0.2, -0.15) is 0 Å². The summed E-state index contributed by atoms with van der Waals surface area (Å²) in [6.45, 7) is 0. The molecular weight excluding hydrogens is 325 g/mol. The van der Waals surface area contributed by atoms with Gasteiger partial charge in [0.05, 0.1) is 11.0 Å². The number of nitrogens with one attached hydrogen (secondary N) is 1. The first kappa shape index (κ1) is 15.0. The van der Waals surface area contributed by atoms with Gasteiger partial charge in [-0.25, -0.2) is 0 Å². The van der Waals surface area contributed by atoms with Crippen LogP contribution >= 0.6 is 35.0 Å². The molecule has 0 saturated carbocycles. The van der Waals surface area contributed by atoms with Gasteiger partial charge in [0.15, 0.2) is 13.0 Å². The number of aromatic nitrogens is 2. The molecule has 0 radical (unpaired) electrons. The van der Waals surface area contributed by atoms with E-state index in [1.54, 1.807) is 25.2 Å². The van der Waals surface area contributed by atoms with Crippen molar-refractivity contribution in [3.63, 3.8) is 0 Å². The minimum absolute atomic E-state index is 0.0361. The van der Waals surface area contributed by atoms with Crippen molar-refractivity contribution in [1.82, 2.24) is 5.27 Å². The largest absolute Gasteiger partial charge is 0.538 e. The predicted molar refractivity (Wildman–Crippen MR) is 72.9 cm³/mol. The Kier molecular flexibility index (Phi) is 4.74. The summed E-state index contributed by atoms with van der Waals surface area (Å²) in [5.74, 6) is -0.834. The first-order valence-electron chi connectivity index (χ1n) is 5.37. The van der Waals surface area contributed by atoms with Crippen LogP contribution in [0.5, 0.6) is 5.95 Å². The highest BCUT2D eigenvalue weighted by Gasteiger charge is 2.16. The molecule has 106 valence electrons. The van der Waals surface area contributed by atoms with Crippen molar-refractivity contribution in [2.24, 2.45) is 7.05 Å². The van der Waals surface area contributed by atoms with Crippen LogP contribution in [-0.4, -0.2) is 16.9 Å². The zero-order valence-corrected chi connectivity index (χ0v) is 12.6. The number of carbonyl (C=O) groups is 1. The summed E-state index contributed by atoms with van der Waals surface area (Å²) in [5, 5.41) is 18.4. The number of carbonyl (C=O) groups excluding carboxylic acids is 1. The Labute approximate surface area is 128 Å². The molecule has 0 spiro atoms. The van der Waals surface area contributed by atoms with E-state index < -0.39 is 5.95 Å². The number of nitrogens with zero attached hydrogens (tertiary/aromatic N) is 2. The van der Waals surface area contributed by atoms with Gasteiger partial charge in [-0.15, -0.1) is 0 Å². The molecule has 1 heterocycles. The predicted octanol–water partition coefficient (Wildman–Crippen LogP) is 1.61. The summed E-state index contributed by atoms with van der Waals surface area (Å²) in [6, 6.07) is 4.72. The van der Waals surface area contributed by atoms with E-state index in [2.05, 4.69) is 15.1 Å². The molecular formula is C11H9Cl2N3O3S. The average Bonchev–Trinajstić information content (AvgIpc) is 2.65. The number of benzene rings is 1. The first-order chi connectivity index (χ1) is 9.45. The molecule has 0 atom stereocenters. The van der Waals surface area contributed by atoms with Crippen molar-refractivity contribution in [3.05, 3.63) is 28.2 Å². The molecule has 0 saturated heterocycles. The summed E-state index contributed by atoms with van der Waals surface area (Å²) < 4.78 is 5.72. The summed E-state index contributed by atoms with van der Waals surface area (Å²) in [5.41, 5.74) is 0.491. The fourth-order valence-electron chi connectivity index (χ4n) is 1.42. The third kappa shape index (κ3) is 3.78. The minimum Gasteiger partial charge on any atom is -0.538 e. The van der Waals surface area contributed by atoms with Gasteiger partial charge >= 0.3 is 0 Å². The lowest BCUT2D eigenvalue weighted by atomic mass is 10.3. The average molecular weight is 334 g/mol. The van der Waals surface area contributed by atoms with Gasteiger partial charge in [0.2, 0.25) is 5.91 Å². The molecule has 20 heavy (non-hydrogen) atoms.